The van der Waals surface area contributed by atoms with Gasteiger partial charge in [-0.1, -0.05) is 37.3 Å². The highest BCUT2D eigenvalue weighted by Gasteiger charge is 2.12. The molecule has 0 aliphatic heterocycles. The summed E-state index contributed by atoms with van der Waals surface area (Å²) in [6.07, 6.45) is 3.73. The average Bonchev–Trinajstić information content (AvgIpc) is 2.99. The van der Waals surface area contributed by atoms with Gasteiger partial charge < -0.3 is 10.4 Å². The molecule has 3 rings (SSSR count). The van der Waals surface area contributed by atoms with Crippen molar-refractivity contribution in [3.05, 3.63) is 47.9 Å². The maximum atomic E-state index is 9.79. The average molecular weight is 325 g/mol. The first-order valence-corrected chi connectivity index (χ1v) is 8.32. The molecule has 0 aliphatic carbocycles. The van der Waals surface area contributed by atoms with Crippen LogP contribution in [0.25, 0.3) is 11.0 Å². The smallest absolute Gasteiger partial charge is 0.163 e. The van der Waals surface area contributed by atoms with E-state index in [0.717, 1.165) is 35.5 Å². The van der Waals surface area contributed by atoms with Crippen LogP contribution >= 0.6 is 0 Å². The lowest BCUT2D eigenvalue weighted by molar-refractivity contribution is 0.183. The first-order chi connectivity index (χ1) is 11.7. The third kappa shape index (κ3) is 3.71. The van der Waals surface area contributed by atoms with Crippen LogP contribution in [0, 0.1) is 0 Å². The molecule has 6 heteroatoms. The van der Waals surface area contributed by atoms with Crippen LogP contribution in [0.15, 0.2) is 36.5 Å². The molecule has 0 spiro atoms. The maximum absolute atomic E-state index is 9.79. The summed E-state index contributed by atoms with van der Waals surface area (Å²) >= 11 is 0. The van der Waals surface area contributed by atoms with Crippen molar-refractivity contribution in [3.8, 4) is 0 Å². The summed E-state index contributed by atoms with van der Waals surface area (Å²) in [5, 5.41) is 18.2. The van der Waals surface area contributed by atoms with Gasteiger partial charge in [-0.2, -0.15) is 5.10 Å². The molecule has 0 fully saturated rings. The first-order valence-electron chi connectivity index (χ1n) is 8.32. The van der Waals surface area contributed by atoms with E-state index in [-0.39, 0.29) is 6.10 Å². The molecule has 126 valence electrons. The van der Waals surface area contributed by atoms with Gasteiger partial charge in [0.1, 0.15) is 11.6 Å². The number of hydrogen-bond donors (Lipinski definition) is 2. The van der Waals surface area contributed by atoms with E-state index in [9.17, 15) is 5.11 Å². The van der Waals surface area contributed by atoms with E-state index in [4.69, 9.17) is 0 Å². The molecule has 0 saturated heterocycles. The Morgan fingerprint density at radius 2 is 1.96 bits per heavy atom. The molecule has 0 aliphatic rings. The zero-order valence-electron chi connectivity index (χ0n) is 14.1. The van der Waals surface area contributed by atoms with Gasteiger partial charge in [0, 0.05) is 20.0 Å². The van der Waals surface area contributed by atoms with Gasteiger partial charge in [0.15, 0.2) is 5.65 Å². The topological polar surface area (TPSA) is 75.9 Å². The fourth-order valence-corrected chi connectivity index (χ4v) is 2.57. The van der Waals surface area contributed by atoms with E-state index in [1.807, 2.05) is 32.2 Å². The Bertz CT molecular complexity index is 800. The molecule has 6 nitrogen and oxygen atoms in total. The van der Waals surface area contributed by atoms with Crippen molar-refractivity contribution in [1.29, 1.82) is 0 Å². The largest absolute Gasteiger partial charge is 0.391 e. The third-order valence-corrected chi connectivity index (χ3v) is 4.09. The summed E-state index contributed by atoms with van der Waals surface area (Å²) < 4.78 is 1.75. The van der Waals surface area contributed by atoms with Crippen molar-refractivity contribution in [1.82, 2.24) is 19.7 Å². The van der Waals surface area contributed by atoms with Gasteiger partial charge in [0.05, 0.1) is 17.7 Å². The van der Waals surface area contributed by atoms with E-state index >= 15 is 0 Å². The molecule has 1 atom stereocenters. The molecule has 24 heavy (non-hydrogen) atoms. The zero-order valence-corrected chi connectivity index (χ0v) is 14.1. The molecule has 2 N–H and O–H groups in total. The Hall–Kier alpha value is -2.47. The number of aromatic nitrogens is 4. The fraction of sp³-hybridized carbons (Fsp3) is 0.389. The summed E-state index contributed by atoms with van der Waals surface area (Å²) in [6, 6.07) is 10.3. The second kappa shape index (κ2) is 7.40. The van der Waals surface area contributed by atoms with Crippen LogP contribution in [0.3, 0.4) is 0 Å². The Morgan fingerprint density at radius 1 is 1.17 bits per heavy atom. The SMILES string of the molecule is CC[C@@H](O)CNc1nc(CCc2ccccc2)nc2c1cnn2C. The minimum Gasteiger partial charge on any atom is -0.391 e. The van der Waals surface area contributed by atoms with Gasteiger partial charge in [0.25, 0.3) is 0 Å². The number of nitrogens with zero attached hydrogens (tertiary/aromatic N) is 4. The second-order valence-electron chi connectivity index (χ2n) is 5.92. The Kier molecular flexibility index (Phi) is 5.05. The Morgan fingerprint density at radius 3 is 2.71 bits per heavy atom. The van der Waals surface area contributed by atoms with Gasteiger partial charge in [-0.25, -0.2) is 9.97 Å². The van der Waals surface area contributed by atoms with Crippen LogP contribution in [0.4, 0.5) is 5.82 Å². The number of aliphatic hydroxyl groups excluding tert-OH is 1. The van der Waals surface area contributed by atoms with Crippen molar-refractivity contribution in [3.63, 3.8) is 0 Å². The molecule has 2 heterocycles. The lowest BCUT2D eigenvalue weighted by atomic mass is 10.1. The number of anilines is 1. The highest BCUT2D eigenvalue weighted by atomic mass is 16.3. The normalized spacial score (nSPS) is 12.5. The lowest BCUT2D eigenvalue weighted by Crippen LogP contribution is -2.19. The minimum absolute atomic E-state index is 0.389. The highest BCUT2D eigenvalue weighted by Crippen LogP contribution is 2.20. The molecule has 2 aromatic heterocycles. The maximum Gasteiger partial charge on any atom is 0.163 e. The van der Waals surface area contributed by atoms with E-state index in [2.05, 4.69) is 32.5 Å². The summed E-state index contributed by atoms with van der Waals surface area (Å²) in [5.74, 6) is 1.52. The van der Waals surface area contributed by atoms with Gasteiger partial charge >= 0.3 is 0 Å². The van der Waals surface area contributed by atoms with Gasteiger partial charge in [-0.05, 0) is 18.4 Å². The van der Waals surface area contributed by atoms with Crippen LogP contribution in [-0.2, 0) is 19.9 Å². The number of nitrogens with one attached hydrogen (secondary N) is 1. The first kappa shape index (κ1) is 16.4. The monoisotopic (exact) mass is 325 g/mol. The fourth-order valence-electron chi connectivity index (χ4n) is 2.57. The van der Waals surface area contributed by atoms with Gasteiger partial charge in [-0.3, -0.25) is 4.68 Å². The second-order valence-corrected chi connectivity index (χ2v) is 5.92. The molecule has 1 aromatic carbocycles. The molecule has 0 bridgehead atoms. The molecule has 0 amide bonds. The van der Waals surface area contributed by atoms with Crippen LogP contribution in [0.5, 0.6) is 0 Å². The van der Waals surface area contributed by atoms with Crippen molar-refractivity contribution in [2.75, 3.05) is 11.9 Å². The quantitative estimate of drug-likeness (QED) is 0.697. The van der Waals surface area contributed by atoms with Crippen molar-refractivity contribution in [2.24, 2.45) is 7.05 Å². The predicted molar refractivity (Wildman–Crippen MR) is 94.9 cm³/mol. The van der Waals surface area contributed by atoms with E-state index in [0.29, 0.717) is 13.0 Å². The summed E-state index contributed by atoms with van der Waals surface area (Å²) in [6.45, 7) is 2.42. The predicted octanol–water partition coefficient (Wildman–Crippen LogP) is 2.33. The number of aliphatic hydroxyl groups is 1. The van der Waals surface area contributed by atoms with Crippen LogP contribution in [0.1, 0.15) is 24.7 Å². The van der Waals surface area contributed by atoms with E-state index in [1.165, 1.54) is 5.56 Å². The number of hydrogen-bond acceptors (Lipinski definition) is 5. The number of aryl methyl sites for hydroxylation is 3. The standard InChI is InChI=1S/C18H23N5O/c1-3-14(24)11-19-17-15-12-20-23(2)18(15)22-16(21-17)10-9-13-7-5-4-6-8-13/h4-8,12,14,24H,3,9-11H2,1-2H3,(H,19,21,22)/t14-/m1/s1. The van der Waals surface area contributed by atoms with Crippen molar-refractivity contribution in [2.45, 2.75) is 32.3 Å². The van der Waals surface area contributed by atoms with Crippen LogP contribution in [-0.4, -0.2) is 37.5 Å². The Balaban J connectivity index is 1.83. The molecular weight excluding hydrogens is 302 g/mol. The van der Waals surface area contributed by atoms with Gasteiger partial charge in [0.2, 0.25) is 0 Å². The molecule has 0 unspecified atom stereocenters. The number of benzene rings is 1. The number of rotatable bonds is 7. The highest BCUT2D eigenvalue weighted by molar-refractivity contribution is 5.86. The van der Waals surface area contributed by atoms with Gasteiger partial charge in [-0.15, -0.1) is 0 Å². The minimum atomic E-state index is -0.389. The van der Waals surface area contributed by atoms with Crippen LogP contribution < -0.4 is 5.32 Å². The summed E-state index contributed by atoms with van der Waals surface area (Å²) in [7, 11) is 1.88. The lowest BCUT2D eigenvalue weighted by Gasteiger charge is -2.12. The summed E-state index contributed by atoms with van der Waals surface area (Å²) in [4.78, 5) is 9.29. The molecule has 3 aromatic rings. The van der Waals surface area contributed by atoms with Crippen LogP contribution in [0.2, 0.25) is 0 Å². The Labute approximate surface area is 141 Å². The molecule has 0 radical (unpaired) electrons. The summed E-state index contributed by atoms with van der Waals surface area (Å²) in [5.41, 5.74) is 2.07. The molecular formula is C18H23N5O. The molecule has 0 saturated carbocycles. The van der Waals surface area contributed by atoms with Crippen molar-refractivity contribution >= 4 is 16.9 Å². The zero-order chi connectivity index (χ0) is 16.9. The van der Waals surface area contributed by atoms with Crippen molar-refractivity contribution < 1.29 is 5.11 Å². The number of fused-ring (bicyclic) bond motifs is 1. The third-order valence-electron chi connectivity index (χ3n) is 4.09. The van der Waals surface area contributed by atoms with E-state index < -0.39 is 0 Å². The van der Waals surface area contributed by atoms with E-state index in [1.54, 1.807) is 10.9 Å².